The van der Waals surface area contributed by atoms with Crippen LogP contribution in [-0.2, 0) is 0 Å². The summed E-state index contributed by atoms with van der Waals surface area (Å²) in [6.45, 7) is 6.79. The van der Waals surface area contributed by atoms with E-state index in [1.807, 2.05) is 0 Å². The van der Waals surface area contributed by atoms with Crippen molar-refractivity contribution in [2.45, 2.75) is 65.0 Å². The van der Waals surface area contributed by atoms with Crippen LogP contribution in [0.15, 0.2) is 18.2 Å². The molecule has 0 heterocycles. The van der Waals surface area contributed by atoms with Crippen LogP contribution in [0.1, 0.15) is 61.8 Å². The van der Waals surface area contributed by atoms with Crippen LogP contribution in [0.5, 0.6) is 0 Å². The highest BCUT2D eigenvalue weighted by Crippen LogP contribution is 2.54. The van der Waals surface area contributed by atoms with Gasteiger partial charge in [0.15, 0.2) is 0 Å². The minimum Gasteiger partial charge on any atom is -0.307 e. The summed E-state index contributed by atoms with van der Waals surface area (Å²) in [5.41, 5.74) is 4.29. The van der Waals surface area contributed by atoms with E-state index >= 15 is 0 Å². The first-order valence-corrected chi connectivity index (χ1v) is 8.93. The third-order valence-electron chi connectivity index (χ3n) is 6.70. The summed E-state index contributed by atoms with van der Waals surface area (Å²) in [7, 11) is 0. The zero-order chi connectivity index (χ0) is 14.6. The lowest BCUT2D eigenvalue weighted by Crippen LogP contribution is -2.54. The Morgan fingerprint density at radius 2 is 1.52 bits per heavy atom. The van der Waals surface area contributed by atoms with Crippen molar-refractivity contribution in [3.63, 3.8) is 0 Å². The molecule has 21 heavy (non-hydrogen) atoms. The Morgan fingerprint density at radius 3 is 2.10 bits per heavy atom. The van der Waals surface area contributed by atoms with Crippen molar-refractivity contribution in [2.75, 3.05) is 0 Å². The molecule has 114 valence electrons. The van der Waals surface area contributed by atoms with E-state index in [2.05, 4.69) is 44.3 Å². The van der Waals surface area contributed by atoms with Gasteiger partial charge < -0.3 is 5.32 Å². The fraction of sp³-hybridized carbons (Fsp3) is 0.700. The topological polar surface area (TPSA) is 12.0 Å². The van der Waals surface area contributed by atoms with Gasteiger partial charge in [0.2, 0.25) is 0 Å². The molecule has 0 amide bonds. The van der Waals surface area contributed by atoms with E-state index in [0.717, 1.165) is 29.7 Å². The minimum atomic E-state index is 0.492. The molecule has 1 heteroatoms. The number of benzene rings is 1. The van der Waals surface area contributed by atoms with E-state index in [4.69, 9.17) is 0 Å². The number of nitrogens with one attached hydrogen (secondary N) is 1. The highest BCUT2D eigenvalue weighted by molar-refractivity contribution is 5.31. The molecule has 1 nitrogen and oxygen atoms in total. The summed E-state index contributed by atoms with van der Waals surface area (Å²) >= 11 is 0. The average Bonchev–Trinajstić information content (AvgIpc) is 2.45. The summed E-state index contributed by atoms with van der Waals surface area (Å²) in [6.07, 6.45) is 7.57. The molecule has 0 saturated heterocycles. The van der Waals surface area contributed by atoms with Crippen molar-refractivity contribution >= 4 is 0 Å². The molecule has 1 unspecified atom stereocenters. The SMILES string of the molecule is Cc1ccc(C(C)NC2C3CC4CC(C3)CC2C4)cc1C. The Labute approximate surface area is 129 Å². The van der Waals surface area contributed by atoms with Gasteiger partial charge in [-0.25, -0.2) is 0 Å². The maximum atomic E-state index is 4.02. The summed E-state index contributed by atoms with van der Waals surface area (Å²) in [5, 5.41) is 4.02. The number of hydrogen-bond donors (Lipinski definition) is 1. The fourth-order valence-electron chi connectivity index (χ4n) is 5.62. The van der Waals surface area contributed by atoms with Crippen LogP contribution in [0.25, 0.3) is 0 Å². The molecular formula is C20H29N. The number of hydrogen-bond acceptors (Lipinski definition) is 1. The molecule has 1 atom stereocenters. The first-order valence-electron chi connectivity index (χ1n) is 8.93. The van der Waals surface area contributed by atoms with Gasteiger partial charge in [-0.3, -0.25) is 0 Å². The summed E-state index contributed by atoms with van der Waals surface area (Å²) in [5.74, 6) is 4.08. The van der Waals surface area contributed by atoms with Gasteiger partial charge in [0.05, 0.1) is 0 Å². The van der Waals surface area contributed by atoms with Crippen LogP contribution in [-0.4, -0.2) is 6.04 Å². The van der Waals surface area contributed by atoms with Crippen molar-refractivity contribution in [3.8, 4) is 0 Å². The third-order valence-corrected chi connectivity index (χ3v) is 6.70. The normalized spacial score (nSPS) is 38.7. The van der Waals surface area contributed by atoms with E-state index in [0.29, 0.717) is 6.04 Å². The molecule has 4 bridgehead atoms. The monoisotopic (exact) mass is 283 g/mol. The minimum absolute atomic E-state index is 0.492. The maximum absolute atomic E-state index is 4.02. The van der Waals surface area contributed by atoms with E-state index < -0.39 is 0 Å². The Morgan fingerprint density at radius 1 is 0.905 bits per heavy atom. The second kappa shape index (κ2) is 5.12. The molecule has 0 radical (unpaired) electrons. The maximum Gasteiger partial charge on any atom is 0.0294 e. The van der Waals surface area contributed by atoms with Gasteiger partial charge in [0.25, 0.3) is 0 Å². The van der Waals surface area contributed by atoms with Crippen LogP contribution in [0.2, 0.25) is 0 Å². The van der Waals surface area contributed by atoms with Crippen LogP contribution < -0.4 is 5.32 Å². The van der Waals surface area contributed by atoms with E-state index in [1.54, 1.807) is 6.42 Å². The Bertz CT molecular complexity index is 505. The first kappa shape index (κ1) is 13.8. The Hall–Kier alpha value is -0.820. The molecular weight excluding hydrogens is 254 g/mol. The smallest absolute Gasteiger partial charge is 0.0294 e. The molecule has 1 aromatic rings. The largest absolute Gasteiger partial charge is 0.307 e. The fourth-order valence-corrected chi connectivity index (χ4v) is 5.62. The van der Waals surface area contributed by atoms with Crippen LogP contribution in [0.4, 0.5) is 0 Å². The highest BCUT2D eigenvalue weighted by Gasteiger charge is 2.48. The molecule has 5 rings (SSSR count). The first-order chi connectivity index (χ1) is 10.1. The van der Waals surface area contributed by atoms with E-state index in [1.165, 1.54) is 42.4 Å². The van der Waals surface area contributed by atoms with Crippen molar-refractivity contribution in [1.82, 2.24) is 5.32 Å². The second-order valence-electron chi connectivity index (χ2n) is 8.19. The molecule has 4 aliphatic rings. The lowest BCUT2D eigenvalue weighted by Gasteiger charge is -2.55. The molecule has 4 fully saturated rings. The van der Waals surface area contributed by atoms with Gasteiger partial charge in [-0.15, -0.1) is 0 Å². The van der Waals surface area contributed by atoms with E-state index in [-0.39, 0.29) is 0 Å². The van der Waals surface area contributed by atoms with Crippen LogP contribution in [0, 0.1) is 37.5 Å². The van der Waals surface area contributed by atoms with E-state index in [9.17, 15) is 0 Å². The lowest BCUT2D eigenvalue weighted by molar-refractivity contribution is -0.0171. The van der Waals surface area contributed by atoms with Gasteiger partial charge >= 0.3 is 0 Å². The summed E-state index contributed by atoms with van der Waals surface area (Å²) < 4.78 is 0. The Balaban J connectivity index is 1.49. The van der Waals surface area contributed by atoms with Crippen LogP contribution >= 0.6 is 0 Å². The third kappa shape index (κ3) is 2.44. The average molecular weight is 283 g/mol. The van der Waals surface area contributed by atoms with Gasteiger partial charge in [-0.2, -0.15) is 0 Å². The van der Waals surface area contributed by atoms with Crippen molar-refractivity contribution < 1.29 is 0 Å². The van der Waals surface area contributed by atoms with Crippen LogP contribution in [0.3, 0.4) is 0 Å². The predicted molar refractivity (Wildman–Crippen MR) is 88.3 cm³/mol. The Kier molecular flexibility index (Phi) is 3.37. The molecule has 0 spiro atoms. The van der Waals surface area contributed by atoms with Gasteiger partial charge in [0.1, 0.15) is 0 Å². The molecule has 4 aliphatic carbocycles. The molecule has 4 saturated carbocycles. The van der Waals surface area contributed by atoms with Crippen molar-refractivity contribution in [2.24, 2.45) is 23.7 Å². The quantitative estimate of drug-likeness (QED) is 0.842. The molecule has 0 aromatic heterocycles. The second-order valence-corrected chi connectivity index (χ2v) is 8.19. The lowest BCUT2D eigenvalue weighted by atomic mass is 9.54. The zero-order valence-corrected chi connectivity index (χ0v) is 13.7. The highest BCUT2D eigenvalue weighted by atomic mass is 15.0. The summed E-state index contributed by atoms with van der Waals surface area (Å²) in [4.78, 5) is 0. The number of aryl methyl sites for hydroxylation is 2. The molecule has 1 N–H and O–H groups in total. The molecule has 0 aliphatic heterocycles. The van der Waals surface area contributed by atoms with Gasteiger partial charge in [-0.1, -0.05) is 18.2 Å². The standard InChI is InChI=1S/C20H29N/c1-12-4-5-17(6-13(12)2)14(3)21-20-18-8-15-7-16(10-18)11-19(20)9-15/h4-6,14-16,18-21H,7-11H2,1-3H3. The summed E-state index contributed by atoms with van der Waals surface area (Å²) in [6, 6.07) is 8.25. The van der Waals surface area contributed by atoms with Gasteiger partial charge in [-0.05, 0) is 93.2 Å². The number of rotatable bonds is 3. The van der Waals surface area contributed by atoms with Crippen molar-refractivity contribution in [1.29, 1.82) is 0 Å². The van der Waals surface area contributed by atoms with Gasteiger partial charge in [0, 0.05) is 12.1 Å². The van der Waals surface area contributed by atoms with Crippen molar-refractivity contribution in [3.05, 3.63) is 34.9 Å². The zero-order valence-electron chi connectivity index (χ0n) is 13.7. The molecule has 1 aromatic carbocycles. The predicted octanol–water partition coefficient (Wildman–Crippen LogP) is 4.78.